The van der Waals surface area contributed by atoms with E-state index in [1.165, 1.54) is 12.1 Å². The van der Waals surface area contributed by atoms with E-state index in [9.17, 15) is 9.18 Å². The van der Waals surface area contributed by atoms with E-state index in [1.54, 1.807) is 18.0 Å². The van der Waals surface area contributed by atoms with Gasteiger partial charge in [-0.05, 0) is 30.2 Å². The molecule has 0 atom stereocenters. The summed E-state index contributed by atoms with van der Waals surface area (Å²) in [6.07, 6.45) is 0.906. The van der Waals surface area contributed by atoms with Gasteiger partial charge in [0.15, 0.2) is 0 Å². The Kier molecular flexibility index (Phi) is 3.81. The fraction of sp³-hybridized carbons (Fsp3) is 0.462. The van der Waals surface area contributed by atoms with Crippen LogP contribution in [0.3, 0.4) is 0 Å². The summed E-state index contributed by atoms with van der Waals surface area (Å²) in [4.78, 5) is 15.6. The molecule has 0 saturated carbocycles. The summed E-state index contributed by atoms with van der Waals surface area (Å²) >= 11 is 0. The summed E-state index contributed by atoms with van der Waals surface area (Å²) < 4.78 is 13.2. The first kappa shape index (κ1) is 12.8. The number of nitrogens with zero attached hydrogens (tertiary/aromatic N) is 2. The van der Waals surface area contributed by atoms with Gasteiger partial charge in [-0.2, -0.15) is 0 Å². The number of hydrogen-bond donors (Lipinski definition) is 1. The molecule has 98 valence electrons. The highest BCUT2D eigenvalue weighted by molar-refractivity contribution is 5.82. The molecule has 0 unspecified atom stereocenters. The van der Waals surface area contributed by atoms with E-state index in [0.717, 1.165) is 30.8 Å². The number of halogens is 1. The molecule has 1 heterocycles. The Bertz CT molecular complexity index is 450. The minimum Gasteiger partial charge on any atom is -0.362 e. The normalized spacial score (nSPS) is 16.9. The van der Waals surface area contributed by atoms with Gasteiger partial charge in [-0.15, -0.1) is 0 Å². The van der Waals surface area contributed by atoms with Gasteiger partial charge in [-0.1, -0.05) is 0 Å². The predicted molar refractivity (Wildman–Crippen MR) is 68.8 cm³/mol. The van der Waals surface area contributed by atoms with Gasteiger partial charge in [0.25, 0.3) is 0 Å². The maximum atomic E-state index is 13.2. The van der Waals surface area contributed by atoms with Crippen LogP contribution < -0.4 is 10.6 Å². The fourth-order valence-corrected chi connectivity index (χ4v) is 2.22. The van der Waals surface area contributed by atoms with Crippen LogP contribution in [0.4, 0.5) is 10.1 Å². The first-order chi connectivity index (χ1) is 8.61. The van der Waals surface area contributed by atoms with Crippen molar-refractivity contribution < 1.29 is 9.18 Å². The standard InChI is InChI=1S/C13H18FN3O/c1-16-5-2-6-17(9-13(16)18)12-4-3-11(14)7-10(12)8-15/h3-4,7H,2,5-6,8-9,15H2,1H3. The highest BCUT2D eigenvalue weighted by Gasteiger charge is 2.20. The highest BCUT2D eigenvalue weighted by Crippen LogP contribution is 2.22. The number of nitrogens with two attached hydrogens (primary N) is 1. The lowest BCUT2D eigenvalue weighted by atomic mass is 10.1. The third kappa shape index (κ3) is 2.61. The Labute approximate surface area is 106 Å². The van der Waals surface area contributed by atoms with E-state index >= 15 is 0 Å². The fourth-order valence-electron chi connectivity index (χ4n) is 2.22. The van der Waals surface area contributed by atoms with Crippen LogP contribution in [0.1, 0.15) is 12.0 Å². The van der Waals surface area contributed by atoms with Crippen LogP contribution in [0.25, 0.3) is 0 Å². The Morgan fingerprint density at radius 3 is 2.89 bits per heavy atom. The summed E-state index contributed by atoms with van der Waals surface area (Å²) in [7, 11) is 1.81. The SMILES string of the molecule is CN1CCCN(c2ccc(F)cc2CN)CC1=O. The molecule has 0 bridgehead atoms. The van der Waals surface area contributed by atoms with Crippen molar-refractivity contribution in [3.05, 3.63) is 29.6 Å². The zero-order valence-electron chi connectivity index (χ0n) is 10.5. The van der Waals surface area contributed by atoms with Crippen molar-refractivity contribution in [2.45, 2.75) is 13.0 Å². The molecule has 0 spiro atoms. The minimum absolute atomic E-state index is 0.0831. The summed E-state index contributed by atoms with van der Waals surface area (Å²) in [6.45, 7) is 2.14. The van der Waals surface area contributed by atoms with E-state index < -0.39 is 0 Å². The van der Waals surface area contributed by atoms with Crippen LogP contribution in [0, 0.1) is 5.82 Å². The predicted octanol–water partition coefficient (Wildman–Crippen LogP) is 0.953. The quantitative estimate of drug-likeness (QED) is 0.851. The Morgan fingerprint density at radius 2 is 2.17 bits per heavy atom. The van der Waals surface area contributed by atoms with Crippen LogP contribution in [-0.4, -0.2) is 37.5 Å². The Morgan fingerprint density at radius 1 is 1.39 bits per heavy atom. The average molecular weight is 251 g/mol. The smallest absolute Gasteiger partial charge is 0.241 e. The second-order valence-electron chi connectivity index (χ2n) is 4.57. The molecule has 1 aromatic rings. The molecule has 0 aromatic heterocycles. The largest absolute Gasteiger partial charge is 0.362 e. The van der Waals surface area contributed by atoms with E-state index in [2.05, 4.69) is 0 Å². The third-order valence-corrected chi connectivity index (χ3v) is 3.28. The maximum absolute atomic E-state index is 13.2. The van der Waals surface area contributed by atoms with Gasteiger partial charge in [0.1, 0.15) is 5.82 Å². The molecule has 1 aromatic carbocycles. The molecular weight excluding hydrogens is 233 g/mol. The third-order valence-electron chi connectivity index (χ3n) is 3.28. The number of rotatable bonds is 2. The lowest BCUT2D eigenvalue weighted by Gasteiger charge is -2.24. The molecule has 5 heteroatoms. The van der Waals surface area contributed by atoms with Crippen molar-refractivity contribution in [2.24, 2.45) is 5.73 Å². The highest BCUT2D eigenvalue weighted by atomic mass is 19.1. The number of hydrogen-bond acceptors (Lipinski definition) is 3. The molecule has 2 rings (SSSR count). The van der Waals surface area contributed by atoms with Crippen molar-refractivity contribution in [1.82, 2.24) is 4.90 Å². The van der Waals surface area contributed by atoms with E-state index in [0.29, 0.717) is 6.54 Å². The molecule has 1 amide bonds. The first-order valence-corrected chi connectivity index (χ1v) is 6.09. The molecule has 18 heavy (non-hydrogen) atoms. The number of carbonyl (C=O) groups is 1. The van der Waals surface area contributed by atoms with Crippen LogP contribution in [0.5, 0.6) is 0 Å². The number of carbonyl (C=O) groups excluding carboxylic acids is 1. The summed E-state index contributed by atoms with van der Waals surface area (Å²) in [5, 5.41) is 0. The van der Waals surface area contributed by atoms with Gasteiger partial charge >= 0.3 is 0 Å². The van der Waals surface area contributed by atoms with Crippen LogP contribution in [-0.2, 0) is 11.3 Å². The Hall–Kier alpha value is -1.62. The molecule has 0 aliphatic carbocycles. The van der Waals surface area contributed by atoms with Crippen LogP contribution >= 0.6 is 0 Å². The van der Waals surface area contributed by atoms with Gasteiger partial charge in [0, 0.05) is 32.4 Å². The van der Waals surface area contributed by atoms with Crippen molar-refractivity contribution in [3.8, 4) is 0 Å². The molecule has 1 fully saturated rings. The van der Waals surface area contributed by atoms with Crippen molar-refractivity contribution in [2.75, 3.05) is 31.6 Å². The number of likely N-dealkylation sites (N-methyl/N-ethyl adjacent to an activating group) is 1. The average Bonchev–Trinajstić information content (AvgIpc) is 2.52. The molecule has 4 nitrogen and oxygen atoms in total. The zero-order valence-corrected chi connectivity index (χ0v) is 10.5. The maximum Gasteiger partial charge on any atom is 0.241 e. The van der Waals surface area contributed by atoms with Gasteiger partial charge in [0.2, 0.25) is 5.91 Å². The summed E-state index contributed by atoms with van der Waals surface area (Å²) in [6, 6.07) is 4.55. The topological polar surface area (TPSA) is 49.6 Å². The number of benzene rings is 1. The van der Waals surface area contributed by atoms with Gasteiger partial charge in [-0.25, -0.2) is 4.39 Å². The van der Waals surface area contributed by atoms with E-state index in [1.807, 2.05) is 4.90 Å². The molecule has 1 saturated heterocycles. The lowest BCUT2D eigenvalue weighted by Crippen LogP contribution is -2.34. The second kappa shape index (κ2) is 5.35. The monoisotopic (exact) mass is 251 g/mol. The molecule has 2 N–H and O–H groups in total. The molecule has 0 radical (unpaired) electrons. The molecule has 1 aliphatic heterocycles. The molecule has 1 aliphatic rings. The first-order valence-electron chi connectivity index (χ1n) is 6.09. The van der Waals surface area contributed by atoms with Crippen LogP contribution in [0.2, 0.25) is 0 Å². The van der Waals surface area contributed by atoms with Gasteiger partial charge < -0.3 is 15.5 Å². The van der Waals surface area contributed by atoms with Gasteiger partial charge in [-0.3, -0.25) is 4.79 Å². The number of anilines is 1. The van der Waals surface area contributed by atoms with Crippen molar-refractivity contribution >= 4 is 11.6 Å². The second-order valence-corrected chi connectivity index (χ2v) is 4.57. The summed E-state index contributed by atoms with van der Waals surface area (Å²) in [5.74, 6) is -0.211. The number of amides is 1. The van der Waals surface area contributed by atoms with Crippen molar-refractivity contribution in [1.29, 1.82) is 0 Å². The van der Waals surface area contributed by atoms with Gasteiger partial charge in [0.05, 0.1) is 6.54 Å². The van der Waals surface area contributed by atoms with Crippen LogP contribution in [0.15, 0.2) is 18.2 Å². The van der Waals surface area contributed by atoms with E-state index in [4.69, 9.17) is 5.73 Å². The molecular formula is C13H18FN3O. The summed E-state index contributed by atoms with van der Waals surface area (Å²) in [5.41, 5.74) is 7.24. The zero-order chi connectivity index (χ0) is 13.1. The van der Waals surface area contributed by atoms with E-state index in [-0.39, 0.29) is 18.3 Å². The minimum atomic E-state index is -0.294. The van der Waals surface area contributed by atoms with Crippen molar-refractivity contribution in [3.63, 3.8) is 0 Å². The Balaban J connectivity index is 2.27. The lowest BCUT2D eigenvalue weighted by molar-refractivity contribution is -0.127.